The molecule has 116 valence electrons. The summed E-state index contributed by atoms with van der Waals surface area (Å²) in [6, 6.07) is 2.05. The van der Waals surface area contributed by atoms with Crippen LogP contribution in [0.15, 0.2) is 6.07 Å². The number of aromatic nitrogens is 2. The summed E-state index contributed by atoms with van der Waals surface area (Å²) in [5.41, 5.74) is 1.07. The number of aryl methyl sites for hydroxylation is 1. The Morgan fingerprint density at radius 1 is 1.38 bits per heavy atom. The lowest BCUT2D eigenvalue weighted by atomic mass is 9.93. The first-order valence-electron chi connectivity index (χ1n) is 7.82. The normalized spacial score (nSPS) is 27.0. The van der Waals surface area contributed by atoms with E-state index in [1.165, 1.54) is 0 Å². The Morgan fingerprint density at radius 2 is 2.14 bits per heavy atom. The summed E-state index contributed by atoms with van der Waals surface area (Å²) < 4.78 is 5.62. The van der Waals surface area contributed by atoms with Gasteiger partial charge in [0.15, 0.2) is 5.82 Å². The van der Waals surface area contributed by atoms with E-state index in [2.05, 4.69) is 21.2 Å². The lowest BCUT2D eigenvalue weighted by Gasteiger charge is -2.38. The molecular weight excluding hydrogens is 268 g/mol. The van der Waals surface area contributed by atoms with Gasteiger partial charge in [-0.1, -0.05) is 0 Å². The summed E-state index contributed by atoms with van der Waals surface area (Å²) in [6.07, 6.45) is 2.00. The van der Waals surface area contributed by atoms with Gasteiger partial charge in [-0.05, 0) is 26.7 Å². The average Bonchev–Trinajstić information content (AvgIpc) is 2.94. The highest BCUT2D eigenvalue weighted by Crippen LogP contribution is 2.24. The predicted molar refractivity (Wildman–Crippen MR) is 80.3 cm³/mol. The predicted octanol–water partition coefficient (Wildman–Crippen LogP) is 1.18. The van der Waals surface area contributed by atoms with Crippen molar-refractivity contribution < 1.29 is 9.53 Å². The molecule has 6 heteroatoms. The number of carbonyl (C=O) groups excluding carboxylic acids is 1. The van der Waals surface area contributed by atoms with E-state index in [-0.39, 0.29) is 17.9 Å². The number of ether oxygens (including phenoxy) is 1. The quantitative estimate of drug-likeness (QED) is 0.889. The maximum Gasteiger partial charge on any atom is 0.228 e. The maximum absolute atomic E-state index is 12.6. The van der Waals surface area contributed by atoms with E-state index in [9.17, 15) is 4.79 Å². The van der Waals surface area contributed by atoms with Crippen molar-refractivity contribution in [1.82, 2.24) is 15.1 Å². The van der Waals surface area contributed by atoms with Crippen LogP contribution in [0.4, 0.5) is 5.82 Å². The van der Waals surface area contributed by atoms with Crippen LogP contribution in [0.3, 0.4) is 0 Å². The fourth-order valence-corrected chi connectivity index (χ4v) is 3.20. The standard InChI is InChI=1S/C15H24N4O2/c1-11-10-14(17-16-11)18-5-7-19(8-6-18)15(20)13-4-3-9-21-12(13)2/h10,12-13H,3-9H2,1-2H3,(H,16,17)/t12-,13+/m0/s1. The van der Waals surface area contributed by atoms with Crippen LogP contribution in [-0.2, 0) is 9.53 Å². The van der Waals surface area contributed by atoms with E-state index >= 15 is 0 Å². The topological polar surface area (TPSA) is 61.5 Å². The fourth-order valence-electron chi connectivity index (χ4n) is 3.20. The number of H-pyrrole nitrogens is 1. The average molecular weight is 292 g/mol. The van der Waals surface area contributed by atoms with E-state index in [4.69, 9.17) is 4.74 Å². The molecule has 1 amide bonds. The number of piperazine rings is 1. The van der Waals surface area contributed by atoms with Gasteiger partial charge in [-0.3, -0.25) is 9.89 Å². The van der Waals surface area contributed by atoms with Gasteiger partial charge >= 0.3 is 0 Å². The molecule has 1 aromatic rings. The van der Waals surface area contributed by atoms with Crippen molar-refractivity contribution in [2.24, 2.45) is 5.92 Å². The summed E-state index contributed by atoms with van der Waals surface area (Å²) in [5.74, 6) is 1.28. The second kappa shape index (κ2) is 6.05. The second-order valence-corrected chi connectivity index (χ2v) is 6.05. The van der Waals surface area contributed by atoms with Crippen molar-refractivity contribution in [1.29, 1.82) is 0 Å². The van der Waals surface area contributed by atoms with E-state index in [1.54, 1.807) is 0 Å². The molecule has 3 rings (SSSR count). The minimum absolute atomic E-state index is 0.0397. The van der Waals surface area contributed by atoms with Gasteiger partial charge in [-0.2, -0.15) is 5.10 Å². The molecule has 2 saturated heterocycles. The minimum atomic E-state index is 0.0397. The third kappa shape index (κ3) is 3.05. The van der Waals surface area contributed by atoms with Gasteiger partial charge in [0.05, 0.1) is 12.0 Å². The molecule has 0 unspecified atom stereocenters. The molecule has 1 aromatic heterocycles. The Bertz CT molecular complexity index is 494. The molecule has 0 spiro atoms. The third-order valence-electron chi connectivity index (χ3n) is 4.53. The van der Waals surface area contributed by atoms with E-state index in [0.29, 0.717) is 0 Å². The van der Waals surface area contributed by atoms with Crippen LogP contribution in [-0.4, -0.2) is 59.9 Å². The van der Waals surface area contributed by atoms with Crippen LogP contribution >= 0.6 is 0 Å². The molecule has 0 radical (unpaired) electrons. The molecule has 2 fully saturated rings. The van der Waals surface area contributed by atoms with Crippen molar-refractivity contribution in [3.05, 3.63) is 11.8 Å². The number of amides is 1. The lowest BCUT2D eigenvalue weighted by molar-refractivity contribution is -0.144. The smallest absolute Gasteiger partial charge is 0.228 e. The van der Waals surface area contributed by atoms with Crippen LogP contribution in [0.1, 0.15) is 25.5 Å². The van der Waals surface area contributed by atoms with E-state index in [0.717, 1.165) is 57.1 Å². The largest absolute Gasteiger partial charge is 0.378 e. The minimum Gasteiger partial charge on any atom is -0.378 e. The van der Waals surface area contributed by atoms with Gasteiger partial charge in [0, 0.05) is 44.5 Å². The van der Waals surface area contributed by atoms with Gasteiger partial charge in [-0.25, -0.2) is 0 Å². The number of hydrogen-bond acceptors (Lipinski definition) is 4. The second-order valence-electron chi connectivity index (χ2n) is 6.05. The molecule has 0 aromatic carbocycles. The Hall–Kier alpha value is -1.56. The van der Waals surface area contributed by atoms with Gasteiger partial charge in [0.2, 0.25) is 5.91 Å². The third-order valence-corrected chi connectivity index (χ3v) is 4.53. The summed E-state index contributed by atoms with van der Waals surface area (Å²) >= 11 is 0. The number of carbonyl (C=O) groups is 1. The zero-order chi connectivity index (χ0) is 14.8. The summed E-state index contributed by atoms with van der Waals surface area (Å²) in [5, 5.41) is 7.26. The molecule has 2 atom stereocenters. The number of aromatic amines is 1. The van der Waals surface area contributed by atoms with E-state index < -0.39 is 0 Å². The van der Waals surface area contributed by atoms with Crippen molar-refractivity contribution >= 4 is 11.7 Å². The van der Waals surface area contributed by atoms with Crippen molar-refractivity contribution in [2.75, 3.05) is 37.7 Å². The molecule has 0 aliphatic carbocycles. The highest BCUT2D eigenvalue weighted by atomic mass is 16.5. The van der Waals surface area contributed by atoms with Gasteiger partial charge < -0.3 is 14.5 Å². The SMILES string of the molecule is Cc1cc(N2CCN(C(=O)[C@@H]3CCCO[C@H]3C)CC2)n[nH]1. The van der Waals surface area contributed by atoms with Gasteiger partial charge in [0.1, 0.15) is 0 Å². The lowest BCUT2D eigenvalue weighted by Crippen LogP contribution is -2.52. The highest BCUT2D eigenvalue weighted by molar-refractivity contribution is 5.79. The molecule has 3 heterocycles. The van der Waals surface area contributed by atoms with Crippen LogP contribution in [0.25, 0.3) is 0 Å². The van der Waals surface area contributed by atoms with Gasteiger partial charge in [0.25, 0.3) is 0 Å². The molecule has 1 N–H and O–H groups in total. The Morgan fingerprint density at radius 3 is 2.76 bits per heavy atom. The number of nitrogens with zero attached hydrogens (tertiary/aromatic N) is 3. The molecule has 0 saturated carbocycles. The molecule has 0 bridgehead atoms. The molecular formula is C15H24N4O2. The monoisotopic (exact) mass is 292 g/mol. The first-order valence-corrected chi connectivity index (χ1v) is 7.82. The molecule has 6 nitrogen and oxygen atoms in total. The van der Waals surface area contributed by atoms with Crippen LogP contribution in [0.2, 0.25) is 0 Å². The van der Waals surface area contributed by atoms with Crippen molar-refractivity contribution in [3.63, 3.8) is 0 Å². The first-order chi connectivity index (χ1) is 10.1. The summed E-state index contributed by atoms with van der Waals surface area (Å²) in [7, 11) is 0. The Kier molecular flexibility index (Phi) is 4.14. The van der Waals surface area contributed by atoms with Crippen molar-refractivity contribution in [3.8, 4) is 0 Å². The van der Waals surface area contributed by atoms with Crippen LogP contribution in [0, 0.1) is 12.8 Å². The number of rotatable bonds is 2. The van der Waals surface area contributed by atoms with Crippen molar-refractivity contribution in [2.45, 2.75) is 32.8 Å². The fraction of sp³-hybridized carbons (Fsp3) is 0.733. The highest BCUT2D eigenvalue weighted by Gasteiger charge is 2.33. The van der Waals surface area contributed by atoms with E-state index in [1.807, 2.05) is 18.7 Å². The van der Waals surface area contributed by atoms with Crippen LogP contribution in [0.5, 0.6) is 0 Å². The van der Waals surface area contributed by atoms with Gasteiger partial charge in [-0.15, -0.1) is 0 Å². The van der Waals surface area contributed by atoms with Crippen LogP contribution < -0.4 is 4.90 Å². The first kappa shape index (κ1) is 14.4. The maximum atomic E-state index is 12.6. The Labute approximate surface area is 125 Å². The molecule has 21 heavy (non-hydrogen) atoms. The number of hydrogen-bond donors (Lipinski definition) is 1. The zero-order valence-electron chi connectivity index (χ0n) is 12.8. The number of anilines is 1. The summed E-state index contributed by atoms with van der Waals surface area (Å²) in [4.78, 5) is 16.8. The summed E-state index contributed by atoms with van der Waals surface area (Å²) in [6.45, 7) is 8.04. The Balaban J connectivity index is 1.56. The molecule has 2 aliphatic heterocycles. The molecule has 2 aliphatic rings. The zero-order valence-corrected chi connectivity index (χ0v) is 12.8. The number of nitrogens with one attached hydrogen (secondary N) is 1.